The summed E-state index contributed by atoms with van der Waals surface area (Å²) in [6.07, 6.45) is 2.95. The molecule has 0 saturated heterocycles. The van der Waals surface area contributed by atoms with Crippen LogP contribution in [-0.2, 0) is 14.8 Å². The highest BCUT2D eigenvalue weighted by Crippen LogP contribution is 2.32. The van der Waals surface area contributed by atoms with Crippen LogP contribution in [0, 0.1) is 0 Å². The van der Waals surface area contributed by atoms with Crippen LogP contribution in [0.3, 0.4) is 0 Å². The summed E-state index contributed by atoms with van der Waals surface area (Å²) in [6, 6.07) is 18.3. The molecule has 4 aromatic rings. The largest absolute Gasteiger partial charge is 0.497 e. The smallest absolute Gasteiger partial charge is 0.263 e. The molecule has 11 nitrogen and oxygen atoms in total. The second kappa shape index (κ2) is 11.0. The van der Waals surface area contributed by atoms with Crippen LogP contribution in [0.1, 0.15) is 25.7 Å². The van der Waals surface area contributed by atoms with E-state index in [1.807, 2.05) is 6.07 Å². The maximum absolute atomic E-state index is 13.5. The zero-order valence-corrected chi connectivity index (χ0v) is 22.9. The molecule has 12 heteroatoms. The van der Waals surface area contributed by atoms with Crippen LogP contribution in [-0.4, -0.2) is 44.1 Å². The van der Waals surface area contributed by atoms with Gasteiger partial charge in [0, 0.05) is 29.6 Å². The van der Waals surface area contributed by atoms with Crippen molar-refractivity contribution >= 4 is 50.0 Å². The van der Waals surface area contributed by atoms with Gasteiger partial charge in [0.05, 0.1) is 35.7 Å². The highest BCUT2D eigenvalue weighted by Gasteiger charge is 2.37. The normalized spacial score (nSPS) is 14.5. The third-order valence-electron chi connectivity index (χ3n) is 6.77. The van der Waals surface area contributed by atoms with Gasteiger partial charge in [-0.3, -0.25) is 9.52 Å². The molecule has 1 aromatic heterocycles. The van der Waals surface area contributed by atoms with Gasteiger partial charge in [-0.15, -0.1) is 0 Å². The van der Waals surface area contributed by atoms with Crippen molar-refractivity contribution in [3.63, 3.8) is 0 Å². The van der Waals surface area contributed by atoms with E-state index in [1.165, 1.54) is 26.4 Å². The predicted molar refractivity (Wildman–Crippen MR) is 154 cm³/mol. The van der Waals surface area contributed by atoms with E-state index in [2.05, 4.69) is 25.3 Å². The van der Waals surface area contributed by atoms with Crippen LogP contribution >= 0.6 is 0 Å². The zero-order valence-electron chi connectivity index (χ0n) is 22.1. The molecule has 0 spiro atoms. The number of carbonyl (C=O) groups is 1. The molecule has 1 aliphatic carbocycles. The molecule has 1 saturated carbocycles. The number of nitrogens with zero attached hydrogens (tertiary/aromatic N) is 2. The Morgan fingerprint density at radius 1 is 0.850 bits per heavy atom. The number of aromatic nitrogens is 2. The van der Waals surface area contributed by atoms with E-state index in [0.29, 0.717) is 46.7 Å². The van der Waals surface area contributed by atoms with Gasteiger partial charge in [0.25, 0.3) is 10.0 Å². The van der Waals surface area contributed by atoms with Crippen LogP contribution in [0.5, 0.6) is 11.5 Å². The number of hydrogen-bond donors (Lipinski definition) is 4. The van der Waals surface area contributed by atoms with Crippen molar-refractivity contribution in [3.05, 3.63) is 66.7 Å². The van der Waals surface area contributed by atoms with Crippen molar-refractivity contribution in [2.24, 2.45) is 5.73 Å². The van der Waals surface area contributed by atoms with E-state index < -0.39 is 15.6 Å². The number of amides is 1. The Kier molecular flexibility index (Phi) is 7.46. The number of benzene rings is 3. The summed E-state index contributed by atoms with van der Waals surface area (Å²) in [5, 5.41) is 5.90. The minimum atomic E-state index is -4.14. The number of ether oxygens (including phenoxy) is 2. The second-order valence-electron chi connectivity index (χ2n) is 9.59. The van der Waals surface area contributed by atoms with E-state index >= 15 is 0 Å². The van der Waals surface area contributed by atoms with Crippen molar-refractivity contribution in [2.45, 2.75) is 36.1 Å². The summed E-state index contributed by atoms with van der Waals surface area (Å²) >= 11 is 0. The molecule has 1 fully saturated rings. The summed E-state index contributed by atoms with van der Waals surface area (Å²) in [4.78, 5) is 21.9. The topological polar surface area (TPSA) is 158 Å². The molecule has 3 aromatic carbocycles. The Balaban J connectivity index is 1.47. The number of anilines is 4. The van der Waals surface area contributed by atoms with Gasteiger partial charge >= 0.3 is 0 Å². The maximum atomic E-state index is 13.5. The number of methoxy groups -OCH3 is 2. The Bertz CT molecular complexity index is 1650. The molecule has 1 aliphatic rings. The first-order valence-corrected chi connectivity index (χ1v) is 14.2. The molecule has 1 amide bonds. The van der Waals surface area contributed by atoms with Crippen LogP contribution in [0.25, 0.3) is 11.0 Å². The molecule has 1 heterocycles. The number of rotatable bonds is 9. The fraction of sp³-hybridized carbons (Fsp3) is 0.250. The molecule has 0 bridgehead atoms. The molecule has 40 heavy (non-hydrogen) atoms. The number of para-hydroxylation sites is 2. The standard InChI is InChI=1S/C28H30N6O5S/c1-38-20-14-19(15-21(17-20)39-2)30-25-26(33-24-11-4-3-10-23(24)32-25)34-40(36,37)22-9-7-8-18(16-22)31-27(35)28(29)12-5-6-13-28/h3-4,7-11,14-17H,5-6,12-13,29H2,1-2H3,(H,30,32)(H,31,35)(H,33,34). The van der Waals surface area contributed by atoms with Crippen molar-refractivity contribution in [3.8, 4) is 11.5 Å². The van der Waals surface area contributed by atoms with Gasteiger partial charge in [-0.2, -0.15) is 0 Å². The fourth-order valence-corrected chi connectivity index (χ4v) is 5.64. The third-order valence-corrected chi connectivity index (χ3v) is 8.10. The number of hydrogen-bond acceptors (Lipinski definition) is 9. The zero-order chi connectivity index (χ0) is 28.3. The highest BCUT2D eigenvalue weighted by molar-refractivity contribution is 7.92. The molecule has 208 valence electrons. The fourth-order valence-electron chi connectivity index (χ4n) is 4.59. The van der Waals surface area contributed by atoms with Gasteiger partial charge in [0.2, 0.25) is 5.91 Å². The number of nitrogens with one attached hydrogen (secondary N) is 3. The van der Waals surface area contributed by atoms with Gasteiger partial charge in [0.15, 0.2) is 11.6 Å². The molecule has 5 rings (SSSR count). The van der Waals surface area contributed by atoms with Gasteiger partial charge < -0.3 is 25.8 Å². The van der Waals surface area contributed by atoms with Crippen molar-refractivity contribution < 1.29 is 22.7 Å². The lowest BCUT2D eigenvalue weighted by atomic mass is 9.98. The van der Waals surface area contributed by atoms with E-state index in [-0.39, 0.29) is 22.4 Å². The van der Waals surface area contributed by atoms with Crippen molar-refractivity contribution in [2.75, 3.05) is 29.6 Å². The van der Waals surface area contributed by atoms with E-state index in [4.69, 9.17) is 15.2 Å². The van der Waals surface area contributed by atoms with Gasteiger partial charge in [-0.25, -0.2) is 18.4 Å². The quantitative estimate of drug-likeness (QED) is 0.232. The number of carbonyl (C=O) groups excluding carboxylic acids is 1. The van der Waals surface area contributed by atoms with Crippen LogP contribution in [0.2, 0.25) is 0 Å². The maximum Gasteiger partial charge on any atom is 0.263 e. The second-order valence-corrected chi connectivity index (χ2v) is 11.3. The lowest BCUT2D eigenvalue weighted by Crippen LogP contribution is -2.48. The van der Waals surface area contributed by atoms with E-state index in [9.17, 15) is 13.2 Å². The Labute approximate surface area is 232 Å². The lowest BCUT2D eigenvalue weighted by Gasteiger charge is -2.22. The molecule has 0 unspecified atom stereocenters. The molecule has 0 atom stereocenters. The average Bonchev–Trinajstić information content (AvgIpc) is 3.41. The van der Waals surface area contributed by atoms with Crippen LogP contribution in [0.4, 0.5) is 23.0 Å². The molecular formula is C28H30N6O5S. The first-order chi connectivity index (χ1) is 19.2. The Morgan fingerprint density at radius 3 is 2.10 bits per heavy atom. The van der Waals surface area contributed by atoms with Crippen molar-refractivity contribution in [1.82, 2.24) is 9.97 Å². The van der Waals surface area contributed by atoms with Gasteiger partial charge in [-0.1, -0.05) is 31.0 Å². The summed E-state index contributed by atoms with van der Waals surface area (Å²) in [5.74, 6) is 0.908. The number of fused-ring (bicyclic) bond motifs is 1. The summed E-state index contributed by atoms with van der Waals surface area (Å²) < 4.78 is 40.3. The van der Waals surface area contributed by atoms with Gasteiger partial charge in [-0.05, 0) is 43.2 Å². The van der Waals surface area contributed by atoms with Crippen LogP contribution in [0.15, 0.2) is 71.6 Å². The monoisotopic (exact) mass is 562 g/mol. The lowest BCUT2D eigenvalue weighted by molar-refractivity contribution is -0.121. The Hall–Kier alpha value is -4.42. The third kappa shape index (κ3) is 5.77. The molecule has 0 aliphatic heterocycles. The summed E-state index contributed by atoms with van der Waals surface area (Å²) in [6.45, 7) is 0. The van der Waals surface area contributed by atoms with E-state index in [0.717, 1.165) is 12.8 Å². The molecular weight excluding hydrogens is 532 g/mol. The number of sulfonamides is 1. The molecule has 0 radical (unpaired) electrons. The van der Waals surface area contributed by atoms with Crippen LogP contribution < -0.4 is 30.6 Å². The van der Waals surface area contributed by atoms with E-state index in [1.54, 1.807) is 48.5 Å². The minimum absolute atomic E-state index is 0.0122. The summed E-state index contributed by atoms with van der Waals surface area (Å²) in [7, 11) is -1.07. The van der Waals surface area contributed by atoms with Crippen molar-refractivity contribution in [1.29, 1.82) is 0 Å². The average molecular weight is 563 g/mol. The molecule has 5 N–H and O–H groups in total. The SMILES string of the molecule is COc1cc(Nc2nc3ccccc3nc2NS(=O)(=O)c2cccc(NC(=O)C3(N)CCCC3)c2)cc(OC)c1. The van der Waals surface area contributed by atoms with Gasteiger partial charge in [0.1, 0.15) is 11.5 Å². The summed E-state index contributed by atoms with van der Waals surface area (Å²) in [5.41, 5.74) is 7.25. The first-order valence-electron chi connectivity index (χ1n) is 12.7. The predicted octanol–water partition coefficient (Wildman–Crippen LogP) is 4.40. The Morgan fingerprint density at radius 2 is 1.48 bits per heavy atom. The number of nitrogens with two attached hydrogens (primary N) is 1. The first kappa shape index (κ1) is 27.2. The minimum Gasteiger partial charge on any atom is -0.497 e. The highest BCUT2D eigenvalue weighted by atomic mass is 32.2.